The van der Waals surface area contributed by atoms with E-state index < -0.39 is 0 Å². The van der Waals surface area contributed by atoms with Crippen molar-refractivity contribution in [3.05, 3.63) is 54.1 Å². The number of ether oxygens (including phenoxy) is 2. The molecule has 0 unspecified atom stereocenters. The van der Waals surface area contributed by atoms with Gasteiger partial charge in [-0.3, -0.25) is 4.79 Å². The fraction of sp³-hybridized carbons (Fsp3) is 0.222. The molecule has 0 heterocycles. The number of nitrogens with zero attached hydrogens (tertiary/aromatic N) is 1. The van der Waals surface area contributed by atoms with Crippen LogP contribution < -0.4 is 20.2 Å². The van der Waals surface area contributed by atoms with Crippen LogP contribution in [0.1, 0.15) is 12.5 Å². The van der Waals surface area contributed by atoms with Gasteiger partial charge in [0.1, 0.15) is 11.5 Å². The van der Waals surface area contributed by atoms with Crippen LogP contribution in [0.25, 0.3) is 0 Å². The van der Waals surface area contributed by atoms with Crippen molar-refractivity contribution >= 4 is 17.3 Å². The maximum atomic E-state index is 11.9. The lowest BCUT2D eigenvalue weighted by Gasteiger charge is -2.09. The first-order chi connectivity index (χ1) is 11.6. The third-order valence-electron chi connectivity index (χ3n) is 3.37. The summed E-state index contributed by atoms with van der Waals surface area (Å²) < 4.78 is 10.4. The number of hydrazone groups is 1. The van der Waals surface area contributed by atoms with Gasteiger partial charge in [-0.1, -0.05) is 18.2 Å². The van der Waals surface area contributed by atoms with Gasteiger partial charge in [-0.2, -0.15) is 5.10 Å². The number of amides is 1. The number of hydrogen-bond acceptors (Lipinski definition) is 5. The molecule has 0 spiro atoms. The zero-order valence-electron chi connectivity index (χ0n) is 14.0. The summed E-state index contributed by atoms with van der Waals surface area (Å²) in [6.45, 7) is 1.92. The zero-order valence-corrected chi connectivity index (χ0v) is 14.0. The van der Waals surface area contributed by atoms with Crippen LogP contribution >= 0.6 is 0 Å². The highest BCUT2D eigenvalue weighted by molar-refractivity contribution is 6.01. The molecule has 0 saturated carbocycles. The van der Waals surface area contributed by atoms with E-state index in [0.717, 1.165) is 17.0 Å². The first-order valence-electron chi connectivity index (χ1n) is 7.48. The van der Waals surface area contributed by atoms with Crippen molar-refractivity contribution in [1.82, 2.24) is 5.43 Å². The predicted octanol–water partition coefficient (Wildman–Crippen LogP) is 2.66. The first kappa shape index (κ1) is 17.3. The van der Waals surface area contributed by atoms with E-state index in [1.807, 2.05) is 55.5 Å². The molecular formula is C18H21N3O3. The second kappa shape index (κ2) is 8.57. The highest BCUT2D eigenvalue weighted by Gasteiger charge is 2.06. The molecule has 0 radical (unpaired) electrons. The second-order valence-electron chi connectivity index (χ2n) is 5.02. The van der Waals surface area contributed by atoms with Gasteiger partial charge < -0.3 is 14.8 Å². The van der Waals surface area contributed by atoms with Crippen molar-refractivity contribution in [2.24, 2.45) is 5.10 Å². The van der Waals surface area contributed by atoms with Gasteiger partial charge in [0.2, 0.25) is 0 Å². The van der Waals surface area contributed by atoms with Gasteiger partial charge in [-0.15, -0.1) is 0 Å². The maximum Gasteiger partial charge on any atom is 0.259 e. The molecule has 126 valence electrons. The summed E-state index contributed by atoms with van der Waals surface area (Å²) in [5.41, 5.74) is 4.83. The molecule has 2 rings (SSSR count). The Labute approximate surface area is 141 Å². The third kappa shape index (κ3) is 4.74. The Morgan fingerprint density at radius 2 is 1.88 bits per heavy atom. The highest BCUT2D eigenvalue weighted by atomic mass is 16.5. The smallest absolute Gasteiger partial charge is 0.259 e. The number of carbonyl (C=O) groups excluding carboxylic acids is 1. The predicted molar refractivity (Wildman–Crippen MR) is 94.8 cm³/mol. The number of methoxy groups -OCH3 is 2. The Balaban J connectivity index is 1.92. The van der Waals surface area contributed by atoms with E-state index in [2.05, 4.69) is 15.8 Å². The zero-order chi connectivity index (χ0) is 17.4. The SMILES string of the molecule is COc1cccc(NCC(=O)N/N=C(/C)c2ccccc2OC)c1. The van der Waals surface area contributed by atoms with Crippen molar-refractivity contribution in [2.75, 3.05) is 26.1 Å². The van der Waals surface area contributed by atoms with Crippen LogP contribution in [0.3, 0.4) is 0 Å². The van der Waals surface area contributed by atoms with E-state index in [0.29, 0.717) is 11.5 Å². The number of nitrogens with one attached hydrogen (secondary N) is 2. The summed E-state index contributed by atoms with van der Waals surface area (Å²) in [6, 6.07) is 14.9. The Kier molecular flexibility index (Phi) is 6.19. The van der Waals surface area contributed by atoms with Gasteiger partial charge in [0.25, 0.3) is 5.91 Å². The summed E-state index contributed by atoms with van der Waals surface area (Å²) in [6.07, 6.45) is 0. The molecule has 0 bridgehead atoms. The quantitative estimate of drug-likeness (QED) is 0.606. The molecule has 0 fully saturated rings. The summed E-state index contributed by atoms with van der Waals surface area (Å²) in [5.74, 6) is 1.19. The number of anilines is 1. The first-order valence-corrected chi connectivity index (χ1v) is 7.48. The molecule has 0 atom stereocenters. The van der Waals surface area contributed by atoms with Crippen molar-refractivity contribution in [3.63, 3.8) is 0 Å². The lowest BCUT2D eigenvalue weighted by Crippen LogP contribution is -2.26. The minimum Gasteiger partial charge on any atom is -0.497 e. The average Bonchev–Trinajstić information content (AvgIpc) is 2.64. The van der Waals surface area contributed by atoms with E-state index in [4.69, 9.17) is 9.47 Å². The number of hydrogen-bond donors (Lipinski definition) is 2. The van der Waals surface area contributed by atoms with Crippen LogP contribution in [0, 0.1) is 0 Å². The van der Waals surface area contributed by atoms with Crippen LogP contribution in [-0.2, 0) is 4.79 Å². The molecule has 1 amide bonds. The average molecular weight is 327 g/mol. The van der Waals surface area contributed by atoms with Gasteiger partial charge >= 0.3 is 0 Å². The molecule has 6 nitrogen and oxygen atoms in total. The molecule has 2 N–H and O–H groups in total. The normalized spacial score (nSPS) is 10.9. The summed E-state index contributed by atoms with van der Waals surface area (Å²) in [4.78, 5) is 11.9. The van der Waals surface area contributed by atoms with Gasteiger partial charge in [0.05, 0.1) is 26.5 Å². The standard InChI is InChI=1S/C18H21N3O3/c1-13(16-9-4-5-10-17(16)24-3)20-21-18(22)12-19-14-7-6-8-15(11-14)23-2/h4-11,19H,12H2,1-3H3,(H,21,22)/b20-13-. The van der Waals surface area contributed by atoms with Crippen molar-refractivity contribution in [3.8, 4) is 11.5 Å². The molecule has 0 aliphatic rings. The van der Waals surface area contributed by atoms with Crippen LogP contribution in [0.2, 0.25) is 0 Å². The van der Waals surface area contributed by atoms with E-state index in [9.17, 15) is 4.79 Å². The summed E-state index contributed by atoms with van der Waals surface area (Å²) in [5, 5.41) is 7.14. The Morgan fingerprint density at radius 3 is 2.62 bits per heavy atom. The fourth-order valence-corrected chi connectivity index (χ4v) is 2.10. The van der Waals surface area contributed by atoms with Gasteiger partial charge in [0.15, 0.2) is 0 Å². The number of carbonyl (C=O) groups is 1. The third-order valence-corrected chi connectivity index (χ3v) is 3.37. The second-order valence-corrected chi connectivity index (χ2v) is 5.02. The van der Waals surface area contributed by atoms with Crippen LogP contribution in [-0.4, -0.2) is 32.4 Å². The minimum absolute atomic E-state index is 0.107. The lowest BCUT2D eigenvalue weighted by atomic mass is 10.1. The van der Waals surface area contributed by atoms with E-state index in [-0.39, 0.29) is 12.5 Å². The molecule has 2 aromatic carbocycles. The number of benzene rings is 2. The molecule has 0 aliphatic heterocycles. The molecule has 24 heavy (non-hydrogen) atoms. The minimum atomic E-state index is -0.243. The monoisotopic (exact) mass is 327 g/mol. The molecular weight excluding hydrogens is 306 g/mol. The van der Waals surface area contributed by atoms with Gasteiger partial charge in [-0.25, -0.2) is 5.43 Å². The van der Waals surface area contributed by atoms with E-state index >= 15 is 0 Å². The largest absolute Gasteiger partial charge is 0.497 e. The highest BCUT2D eigenvalue weighted by Crippen LogP contribution is 2.18. The van der Waals surface area contributed by atoms with Crippen LogP contribution in [0.4, 0.5) is 5.69 Å². The van der Waals surface area contributed by atoms with Crippen LogP contribution in [0.15, 0.2) is 53.6 Å². The molecule has 6 heteroatoms. The van der Waals surface area contributed by atoms with E-state index in [1.54, 1.807) is 14.2 Å². The molecule has 0 saturated heterocycles. The topological polar surface area (TPSA) is 72.0 Å². The fourth-order valence-electron chi connectivity index (χ4n) is 2.10. The van der Waals surface area contributed by atoms with E-state index in [1.165, 1.54) is 0 Å². The van der Waals surface area contributed by atoms with Crippen molar-refractivity contribution in [2.45, 2.75) is 6.92 Å². The molecule has 0 aliphatic carbocycles. The Hall–Kier alpha value is -3.02. The van der Waals surface area contributed by atoms with Crippen LogP contribution in [0.5, 0.6) is 11.5 Å². The Bertz CT molecular complexity index is 729. The number of rotatable bonds is 7. The Morgan fingerprint density at radius 1 is 1.08 bits per heavy atom. The molecule has 0 aromatic heterocycles. The number of para-hydroxylation sites is 1. The summed E-state index contributed by atoms with van der Waals surface area (Å²) in [7, 11) is 3.20. The maximum absolute atomic E-state index is 11.9. The molecule has 2 aromatic rings. The van der Waals surface area contributed by atoms with Gasteiger partial charge in [0, 0.05) is 17.3 Å². The van der Waals surface area contributed by atoms with Gasteiger partial charge in [-0.05, 0) is 31.2 Å². The lowest BCUT2D eigenvalue weighted by molar-refractivity contribution is -0.119. The summed E-state index contributed by atoms with van der Waals surface area (Å²) >= 11 is 0. The van der Waals surface area contributed by atoms with Crippen molar-refractivity contribution in [1.29, 1.82) is 0 Å². The van der Waals surface area contributed by atoms with Crippen molar-refractivity contribution < 1.29 is 14.3 Å².